The minimum absolute atomic E-state index is 0.0893. The number of benzene rings is 1. The second-order valence-electron chi connectivity index (χ2n) is 9.38. The third kappa shape index (κ3) is 4.43. The molecule has 0 aromatic heterocycles. The first-order valence-corrected chi connectivity index (χ1v) is 10.7. The largest absolute Gasteiger partial charge is 0.336 e. The molecule has 0 bridgehead atoms. The van der Waals surface area contributed by atoms with Crippen LogP contribution in [0.5, 0.6) is 0 Å². The van der Waals surface area contributed by atoms with Gasteiger partial charge in [0.25, 0.3) is 0 Å². The van der Waals surface area contributed by atoms with Crippen LogP contribution in [0, 0.1) is 0 Å². The van der Waals surface area contributed by atoms with E-state index in [0.29, 0.717) is 25.9 Å². The molecule has 1 saturated carbocycles. The van der Waals surface area contributed by atoms with Crippen molar-refractivity contribution in [2.45, 2.75) is 74.9 Å². The summed E-state index contributed by atoms with van der Waals surface area (Å²) >= 11 is 0. The van der Waals surface area contributed by atoms with Crippen LogP contribution in [0.2, 0.25) is 0 Å². The maximum atomic E-state index is 13.7. The van der Waals surface area contributed by atoms with Gasteiger partial charge in [-0.25, -0.2) is 13.6 Å². The Kier molecular flexibility index (Phi) is 5.24. The lowest BCUT2D eigenvalue weighted by Gasteiger charge is -2.36. The third-order valence-electron chi connectivity index (χ3n) is 6.67. The van der Waals surface area contributed by atoms with Gasteiger partial charge in [0.2, 0.25) is 11.8 Å². The van der Waals surface area contributed by atoms with E-state index in [9.17, 15) is 18.4 Å². The van der Waals surface area contributed by atoms with Crippen LogP contribution in [0.15, 0.2) is 24.3 Å². The summed E-state index contributed by atoms with van der Waals surface area (Å²) in [5.74, 6) is -3.74. The first-order chi connectivity index (χ1) is 14.1. The Labute approximate surface area is 175 Å². The van der Waals surface area contributed by atoms with Gasteiger partial charge in [-0.2, -0.15) is 0 Å². The van der Waals surface area contributed by atoms with Crippen LogP contribution in [0.1, 0.15) is 56.6 Å². The molecular weight excluding hydrogens is 390 g/mol. The fraction of sp³-hybridized carbons (Fsp3) is 0.636. The van der Waals surface area contributed by atoms with Crippen molar-refractivity contribution in [3.8, 4) is 0 Å². The molecule has 1 aliphatic heterocycles. The molecule has 2 aliphatic carbocycles. The normalized spacial score (nSPS) is 25.5. The van der Waals surface area contributed by atoms with E-state index in [0.717, 1.165) is 32.6 Å². The molecule has 4 N–H and O–H groups in total. The molecule has 30 heavy (non-hydrogen) atoms. The molecule has 1 heterocycles. The van der Waals surface area contributed by atoms with Crippen molar-refractivity contribution in [2.75, 3.05) is 13.1 Å². The smallest absolute Gasteiger partial charge is 0.318 e. The number of nitrogens with zero attached hydrogens (tertiary/aromatic N) is 1. The fourth-order valence-corrected chi connectivity index (χ4v) is 4.88. The number of carbonyl (C=O) groups is 2. The van der Waals surface area contributed by atoms with Crippen LogP contribution in [0.3, 0.4) is 0 Å². The summed E-state index contributed by atoms with van der Waals surface area (Å²) in [6.45, 7) is 1.82. The molecule has 164 valence electrons. The number of carbonyl (C=O) groups excluding carboxylic acids is 2. The first-order valence-electron chi connectivity index (χ1n) is 10.7. The lowest BCUT2D eigenvalue weighted by atomic mass is 9.69. The lowest BCUT2D eigenvalue weighted by Crippen LogP contribution is -2.56. The molecule has 3 aliphatic rings. The molecule has 1 saturated heterocycles. The van der Waals surface area contributed by atoms with Gasteiger partial charge in [0.1, 0.15) is 6.04 Å². The molecule has 6 nitrogen and oxygen atoms in total. The number of nitrogens with two attached hydrogens (primary N) is 1. The number of alkyl halides is 2. The van der Waals surface area contributed by atoms with Gasteiger partial charge in [0.15, 0.2) is 0 Å². The number of rotatable bonds is 5. The molecular formula is C22H30F2N4O2. The summed E-state index contributed by atoms with van der Waals surface area (Å²) in [5.41, 5.74) is 7.60. The Balaban J connectivity index is 1.45. The van der Waals surface area contributed by atoms with Crippen LogP contribution in [0.4, 0.5) is 13.6 Å². The van der Waals surface area contributed by atoms with Crippen molar-refractivity contribution in [2.24, 2.45) is 5.73 Å². The first kappa shape index (κ1) is 21.0. The Morgan fingerprint density at radius 1 is 1.23 bits per heavy atom. The predicted molar refractivity (Wildman–Crippen MR) is 109 cm³/mol. The molecule has 0 radical (unpaired) electrons. The molecule has 3 amide bonds. The highest BCUT2D eigenvalue weighted by Crippen LogP contribution is 2.44. The number of likely N-dealkylation sites (tertiary alicyclic amines) is 1. The van der Waals surface area contributed by atoms with Crippen molar-refractivity contribution in [3.05, 3.63) is 35.4 Å². The Hall–Kier alpha value is -2.22. The fourth-order valence-electron chi connectivity index (χ4n) is 4.88. The van der Waals surface area contributed by atoms with Gasteiger partial charge in [0.05, 0.1) is 5.66 Å². The number of urea groups is 1. The number of hydrogen-bond donors (Lipinski definition) is 3. The minimum atomic E-state index is -3.09. The van der Waals surface area contributed by atoms with E-state index in [2.05, 4.69) is 22.8 Å². The average molecular weight is 421 g/mol. The summed E-state index contributed by atoms with van der Waals surface area (Å²) in [6.07, 6.45) is 4.40. The third-order valence-corrected chi connectivity index (χ3v) is 6.67. The molecule has 2 fully saturated rings. The van der Waals surface area contributed by atoms with Gasteiger partial charge in [-0.05, 0) is 56.6 Å². The van der Waals surface area contributed by atoms with Crippen molar-refractivity contribution in [3.63, 3.8) is 0 Å². The SMILES string of the molecule is CC(F)(F)C[C@H](NC(=O)N1CCC2(CCCc3ccccc32)C1)C(=O)NC1(N)CC1. The maximum Gasteiger partial charge on any atom is 0.318 e. The minimum Gasteiger partial charge on any atom is -0.336 e. The average Bonchev–Trinajstić information content (AvgIpc) is 3.24. The van der Waals surface area contributed by atoms with Crippen molar-refractivity contribution >= 4 is 11.9 Å². The van der Waals surface area contributed by atoms with Crippen molar-refractivity contribution in [1.29, 1.82) is 0 Å². The predicted octanol–water partition coefficient (Wildman–Crippen LogP) is 2.65. The van der Waals surface area contributed by atoms with E-state index in [1.54, 1.807) is 4.90 Å². The summed E-state index contributed by atoms with van der Waals surface area (Å²) in [7, 11) is 0. The molecule has 1 unspecified atom stereocenters. The number of nitrogens with one attached hydrogen (secondary N) is 2. The van der Waals surface area contributed by atoms with E-state index in [1.807, 2.05) is 12.1 Å². The Morgan fingerprint density at radius 2 is 1.97 bits per heavy atom. The number of hydrogen-bond acceptors (Lipinski definition) is 3. The second-order valence-corrected chi connectivity index (χ2v) is 9.38. The van der Waals surface area contributed by atoms with Crippen LogP contribution in [-0.4, -0.2) is 47.6 Å². The number of aryl methyl sites for hydroxylation is 1. The van der Waals surface area contributed by atoms with Crippen LogP contribution < -0.4 is 16.4 Å². The maximum absolute atomic E-state index is 13.7. The van der Waals surface area contributed by atoms with Gasteiger partial charge >= 0.3 is 6.03 Å². The molecule has 1 aromatic rings. The molecule has 2 atom stereocenters. The Bertz CT molecular complexity index is 837. The summed E-state index contributed by atoms with van der Waals surface area (Å²) in [5, 5.41) is 5.14. The highest BCUT2D eigenvalue weighted by atomic mass is 19.3. The second kappa shape index (κ2) is 7.48. The zero-order valence-corrected chi connectivity index (χ0v) is 17.3. The molecule has 1 spiro atoms. The van der Waals surface area contributed by atoms with E-state index in [4.69, 9.17) is 5.73 Å². The topological polar surface area (TPSA) is 87.5 Å². The molecule has 4 rings (SSSR count). The zero-order valence-electron chi connectivity index (χ0n) is 17.3. The highest BCUT2D eigenvalue weighted by Gasteiger charge is 2.45. The number of amides is 3. The van der Waals surface area contributed by atoms with E-state index in [-0.39, 0.29) is 5.41 Å². The lowest BCUT2D eigenvalue weighted by molar-refractivity contribution is -0.126. The standard InChI is InChI=1S/C22H30F2N4O2/c1-20(23,24)13-17(18(29)27-22(25)9-10-22)26-19(30)28-12-11-21(14-28)8-4-6-15-5-2-3-7-16(15)21/h2-3,5,7,17H,4,6,8-14,25H2,1H3,(H,26,30)(H,27,29)/t17-,21?/m0/s1. The van der Waals surface area contributed by atoms with Crippen LogP contribution >= 0.6 is 0 Å². The van der Waals surface area contributed by atoms with Crippen molar-refractivity contribution in [1.82, 2.24) is 15.5 Å². The summed E-state index contributed by atoms with van der Waals surface area (Å²) in [6, 6.07) is 6.55. The van der Waals surface area contributed by atoms with E-state index >= 15 is 0 Å². The number of halogens is 2. The van der Waals surface area contributed by atoms with Crippen molar-refractivity contribution < 1.29 is 18.4 Å². The Morgan fingerprint density at radius 3 is 2.67 bits per heavy atom. The van der Waals surface area contributed by atoms with Gasteiger partial charge in [-0.3, -0.25) is 4.79 Å². The molecule has 1 aromatic carbocycles. The van der Waals surface area contributed by atoms with Gasteiger partial charge < -0.3 is 21.3 Å². The number of fused-ring (bicyclic) bond motifs is 2. The van der Waals surface area contributed by atoms with Crippen LogP contribution in [0.25, 0.3) is 0 Å². The van der Waals surface area contributed by atoms with E-state index in [1.165, 1.54) is 11.1 Å². The molecule has 8 heteroatoms. The summed E-state index contributed by atoms with van der Waals surface area (Å²) in [4.78, 5) is 27.1. The quantitative estimate of drug-likeness (QED) is 0.640. The van der Waals surface area contributed by atoms with Gasteiger partial charge in [-0.15, -0.1) is 0 Å². The monoisotopic (exact) mass is 420 g/mol. The highest BCUT2D eigenvalue weighted by molar-refractivity contribution is 5.88. The summed E-state index contributed by atoms with van der Waals surface area (Å²) < 4.78 is 27.4. The van der Waals surface area contributed by atoms with E-state index < -0.39 is 36.0 Å². The van der Waals surface area contributed by atoms with Gasteiger partial charge in [-0.1, -0.05) is 24.3 Å². The van der Waals surface area contributed by atoms with Crippen LogP contribution in [-0.2, 0) is 16.6 Å². The zero-order chi connectivity index (χ0) is 21.6. The van der Waals surface area contributed by atoms with Gasteiger partial charge in [0, 0.05) is 24.9 Å².